The Kier molecular flexibility index (Phi) is 3.86. The SMILES string of the molecule is CC(CO)N(C)C(=O)c1cccc(-c2nn[nH]n2)c1. The fraction of sp³-hybridized carbons (Fsp3) is 0.333. The van der Waals surface area contributed by atoms with Gasteiger partial charge in [0.2, 0.25) is 5.82 Å². The highest BCUT2D eigenvalue weighted by Gasteiger charge is 2.17. The number of tetrazole rings is 1. The van der Waals surface area contributed by atoms with Gasteiger partial charge < -0.3 is 10.0 Å². The highest BCUT2D eigenvalue weighted by molar-refractivity contribution is 5.95. The molecule has 2 N–H and O–H groups in total. The van der Waals surface area contributed by atoms with E-state index in [0.717, 1.165) is 0 Å². The second-order valence-corrected chi connectivity index (χ2v) is 4.26. The molecule has 0 aliphatic heterocycles. The summed E-state index contributed by atoms with van der Waals surface area (Å²) in [6.07, 6.45) is 0. The number of likely N-dealkylation sites (N-methyl/N-ethyl adjacent to an activating group) is 1. The van der Waals surface area contributed by atoms with Crippen LogP contribution in [0.4, 0.5) is 0 Å². The molecule has 1 unspecified atom stereocenters. The van der Waals surface area contributed by atoms with Gasteiger partial charge in [-0.2, -0.15) is 5.21 Å². The van der Waals surface area contributed by atoms with Gasteiger partial charge in [-0.3, -0.25) is 4.79 Å². The second kappa shape index (κ2) is 5.57. The molecule has 19 heavy (non-hydrogen) atoms. The molecular formula is C12H15N5O2. The summed E-state index contributed by atoms with van der Waals surface area (Å²) in [6, 6.07) is 6.75. The van der Waals surface area contributed by atoms with Crippen molar-refractivity contribution in [3.63, 3.8) is 0 Å². The van der Waals surface area contributed by atoms with Gasteiger partial charge in [-0.15, -0.1) is 10.2 Å². The summed E-state index contributed by atoms with van der Waals surface area (Å²) in [6.45, 7) is 1.70. The predicted octanol–water partition coefficient (Wildman–Crippen LogP) is 0.319. The topological polar surface area (TPSA) is 95.0 Å². The van der Waals surface area contributed by atoms with Gasteiger partial charge in [0.05, 0.1) is 12.6 Å². The van der Waals surface area contributed by atoms with E-state index in [4.69, 9.17) is 5.11 Å². The lowest BCUT2D eigenvalue weighted by molar-refractivity contribution is 0.0682. The zero-order valence-corrected chi connectivity index (χ0v) is 10.7. The third-order valence-corrected chi connectivity index (χ3v) is 2.96. The van der Waals surface area contributed by atoms with Gasteiger partial charge >= 0.3 is 0 Å². The minimum atomic E-state index is -0.235. The summed E-state index contributed by atoms with van der Waals surface area (Å²) in [5.41, 5.74) is 1.23. The number of aromatic amines is 1. The Bertz CT molecular complexity index is 555. The lowest BCUT2D eigenvalue weighted by atomic mass is 10.1. The van der Waals surface area contributed by atoms with E-state index in [1.54, 1.807) is 38.2 Å². The van der Waals surface area contributed by atoms with E-state index in [9.17, 15) is 4.79 Å². The van der Waals surface area contributed by atoms with Gasteiger partial charge in [-0.1, -0.05) is 12.1 Å². The minimum absolute atomic E-state index is 0.0766. The van der Waals surface area contributed by atoms with Gasteiger partial charge in [-0.25, -0.2) is 0 Å². The van der Waals surface area contributed by atoms with E-state index in [2.05, 4.69) is 20.6 Å². The van der Waals surface area contributed by atoms with Crippen LogP contribution in [-0.4, -0.2) is 56.2 Å². The average molecular weight is 261 g/mol. The third-order valence-electron chi connectivity index (χ3n) is 2.96. The van der Waals surface area contributed by atoms with Gasteiger partial charge in [-0.05, 0) is 24.3 Å². The molecule has 1 amide bonds. The molecule has 1 atom stereocenters. The molecule has 2 rings (SSSR count). The molecule has 2 aromatic rings. The molecule has 1 aromatic heterocycles. The molecule has 7 heteroatoms. The molecule has 0 fully saturated rings. The Morgan fingerprint density at radius 2 is 2.32 bits per heavy atom. The largest absolute Gasteiger partial charge is 0.394 e. The Hall–Kier alpha value is -2.28. The maximum absolute atomic E-state index is 12.2. The van der Waals surface area contributed by atoms with Gasteiger partial charge in [0.1, 0.15) is 0 Å². The maximum Gasteiger partial charge on any atom is 0.253 e. The second-order valence-electron chi connectivity index (χ2n) is 4.26. The summed E-state index contributed by atoms with van der Waals surface area (Å²) >= 11 is 0. The van der Waals surface area contributed by atoms with E-state index < -0.39 is 0 Å². The quantitative estimate of drug-likeness (QED) is 0.826. The Labute approximate surface area is 110 Å². The summed E-state index contributed by atoms with van der Waals surface area (Å²) in [4.78, 5) is 13.7. The number of nitrogens with zero attached hydrogens (tertiary/aromatic N) is 4. The summed E-state index contributed by atoms with van der Waals surface area (Å²) in [5.74, 6) is 0.277. The standard InChI is InChI=1S/C12H15N5O2/c1-8(7-18)17(2)12(19)10-5-3-4-9(6-10)11-13-15-16-14-11/h3-6,8,18H,7H2,1-2H3,(H,13,14,15,16). The summed E-state index contributed by atoms with van der Waals surface area (Å²) < 4.78 is 0. The van der Waals surface area contributed by atoms with Crippen LogP contribution in [0.25, 0.3) is 11.4 Å². The molecule has 0 saturated heterocycles. The number of aromatic nitrogens is 4. The highest BCUT2D eigenvalue weighted by Crippen LogP contribution is 2.16. The van der Waals surface area contributed by atoms with Crippen molar-refractivity contribution in [1.29, 1.82) is 0 Å². The van der Waals surface area contributed by atoms with E-state index in [-0.39, 0.29) is 18.6 Å². The first-order chi connectivity index (χ1) is 9.13. The first-order valence-corrected chi connectivity index (χ1v) is 5.85. The van der Waals surface area contributed by atoms with Crippen molar-refractivity contribution >= 4 is 5.91 Å². The molecule has 0 aliphatic rings. The zero-order valence-electron chi connectivity index (χ0n) is 10.7. The molecule has 7 nitrogen and oxygen atoms in total. The number of carbonyl (C=O) groups is 1. The lowest BCUT2D eigenvalue weighted by Gasteiger charge is -2.23. The van der Waals surface area contributed by atoms with Crippen LogP contribution in [0.15, 0.2) is 24.3 Å². The molecule has 0 aliphatic carbocycles. The monoisotopic (exact) mass is 261 g/mol. The fourth-order valence-corrected chi connectivity index (χ4v) is 1.60. The first-order valence-electron chi connectivity index (χ1n) is 5.85. The van der Waals surface area contributed by atoms with Crippen molar-refractivity contribution in [2.45, 2.75) is 13.0 Å². The number of hydrogen-bond acceptors (Lipinski definition) is 5. The van der Waals surface area contributed by atoms with Gasteiger partial charge in [0.25, 0.3) is 5.91 Å². The van der Waals surface area contributed by atoms with E-state index in [1.165, 1.54) is 4.90 Å². The Balaban J connectivity index is 2.26. The number of amides is 1. The van der Waals surface area contributed by atoms with Crippen molar-refractivity contribution in [2.75, 3.05) is 13.7 Å². The van der Waals surface area contributed by atoms with Crippen LogP contribution >= 0.6 is 0 Å². The summed E-state index contributed by atoms with van der Waals surface area (Å²) in [5, 5.41) is 22.7. The van der Waals surface area contributed by atoms with Gasteiger partial charge in [0.15, 0.2) is 0 Å². The molecule has 100 valence electrons. The minimum Gasteiger partial charge on any atom is -0.394 e. The van der Waals surface area contributed by atoms with Crippen LogP contribution in [0.3, 0.4) is 0 Å². The first kappa shape index (κ1) is 13.2. The molecular weight excluding hydrogens is 246 g/mol. The average Bonchev–Trinajstić information content (AvgIpc) is 2.99. The van der Waals surface area contributed by atoms with Gasteiger partial charge in [0, 0.05) is 18.2 Å². The Morgan fingerprint density at radius 3 is 2.95 bits per heavy atom. The molecule has 0 bridgehead atoms. The number of rotatable bonds is 4. The van der Waals surface area contributed by atoms with Crippen LogP contribution in [0.1, 0.15) is 17.3 Å². The van der Waals surface area contributed by atoms with E-state index >= 15 is 0 Å². The van der Waals surface area contributed by atoms with Crippen molar-refractivity contribution in [2.24, 2.45) is 0 Å². The number of aliphatic hydroxyl groups is 1. The smallest absolute Gasteiger partial charge is 0.253 e. The van der Waals surface area contributed by atoms with Crippen LogP contribution in [0.5, 0.6) is 0 Å². The van der Waals surface area contributed by atoms with Crippen molar-refractivity contribution in [1.82, 2.24) is 25.5 Å². The van der Waals surface area contributed by atoms with Crippen LogP contribution in [-0.2, 0) is 0 Å². The van der Waals surface area contributed by atoms with Crippen molar-refractivity contribution < 1.29 is 9.90 Å². The number of benzene rings is 1. The molecule has 0 spiro atoms. The van der Waals surface area contributed by atoms with Crippen LogP contribution < -0.4 is 0 Å². The summed E-state index contributed by atoms with van der Waals surface area (Å²) in [7, 11) is 1.66. The molecule has 1 aromatic carbocycles. The molecule has 1 heterocycles. The number of aliphatic hydroxyl groups excluding tert-OH is 1. The normalized spacial score (nSPS) is 12.2. The van der Waals surface area contributed by atoms with E-state index in [1.807, 2.05) is 0 Å². The van der Waals surface area contributed by atoms with Crippen LogP contribution in [0.2, 0.25) is 0 Å². The van der Waals surface area contributed by atoms with Crippen molar-refractivity contribution in [3.8, 4) is 11.4 Å². The van der Waals surface area contributed by atoms with Crippen LogP contribution in [0, 0.1) is 0 Å². The highest BCUT2D eigenvalue weighted by atomic mass is 16.3. The van der Waals surface area contributed by atoms with E-state index in [0.29, 0.717) is 17.0 Å². The maximum atomic E-state index is 12.2. The predicted molar refractivity (Wildman–Crippen MR) is 68.3 cm³/mol. The molecule has 0 radical (unpaired) electrons. The number of hydrogen-bond donors (Lipinski definition) is 2. The lowest BCUT2D eigenvalue weighted by Crippen LogP contribution is -2.37. The molecule has 0 saturated carbocycles. The fourth-order valence-electron chi connectivity index (χ4n) is 1.60. The number of carbonyl (C=O) groups excluding carboxylic acids is 1. The van der Waals surface area contributed by atoms with Crippen molar-refractivity contribution in [3.05, 3.63) is 29.8 Å². The number of nitrogens with one attached hydrogen (secondary N) is 1. The Morgan fingerprint density at radius 1 is 1.53 bits per heavy atom. The number of H-pyrrole nitrogens is 1. The zero-order chi connectivity index (χ0) is 13.8. The third kappa shape index (κ3) is 2.76.